The molecule has 1 aliphatic heterocycles. The van der Waals surface area contributed by atoms with Gasteiger partial charge in [0.2, 0.25) is 5.54 Å². The molecule has 1 aliphatic rings. The number of nitrogens with zero attached hydrogens (tertiary/aromatic N) is 1. The van der Waals surface area contributed by atoms with Gasteiger partial charge < -0.3 is 10.4 Å². The number of nitrogens with one attached hydrogen (secondary N) is 1. The van der Waals surface area contributed by atoms with Crippen molar-refractivity contribution in [1.82, 2.24) is 10.2 Å². The lowest BCUT2D eigenvalue weighted by Gasteiger charge is -2.31. The van der Waals surface area contributed by atoms with E-state index in [0.717, 1.165) is 12.1 Å². The van der Waals surface area contributed by atoms with Gasteiger partial charge in [-0.2, -0.15) is 13.2 Å². The maximum Gasteiger partial charge on any atom is 0.425 e. The molecule has 1 aromatic carbocycles. The smallest absolute Gasteiger partial charge is 0.388 e. The van der Waals surface area contributed by atoms with Crippen LogP contribution < -0.4 is 5.32 Å². The largest absolute Gasteiger partial charge is 0.425 e. The Hall–Kier alpha value is -2.09. The van der Waals surface area contributed by atoms with E-state index in [2.05, 4.69) is 0 Å². The monoisotopic (exact) mass is 344 g/mol. The summed E-state index contributed by atoms with van der Waals surface area (Å²) >= 11 is 0. The summed E-state index contributed by atoms with van der Waals surface area (Å²) in [5.41, 5.74) is -4.92. The van der Waals surface area contributed by atoms with Gasteiger partial charge in [-0.25, -0.2) is 4.79 Å². The highest BCUT2D eigenvalue weighted by atomic mass is 19.4. The van der Waals surface area contributed by atoms with Crippen LogP contribution in [0.1, 0.15) is 32.3 Å². The number of aliphatic hydroxyl groups is 1. The molecule has 1 fully saturated rings. The zero-order valence-corrected chi connectivity index (χ0v) is 13.4. The van der Waals surface area contributed by atoms with Crippen LogP contribution in [-0.2, 0) is 10.3 Å². The second kappa shape index (κ2) is 6.08. The van der Waals surface area contributed by atoms with Crippen molar-refractivity contribution in [3.63, 3.8) is 0 Å². The molecule has 5 nitrogen and oxygen atoms in total. The lowest BCUT2D eigenvalue weighted by molar-refractivity contribution is -0.199. The van der Waals surface area contributed by atoms with Gasteiger partial charge >= 0.3 is 12.2 Å². The maximum absolute atomic E-state index is 13.8. The fourth-order valence-corrected chi connectivity index (χ4v) is 2.73. The van der Waals surface area contributed by atoms with Crippen molar-refractivity contribution >= 4 is 11.9 Å². The summed E-state index contributed by atoms with van der Waals surface area (Å²) in [4.78, 5) is 25.2. The number of urea groups is 1. The zero-order valence-electron chi connectivity index (χ0n) is 13.4. The van der Waals surface area contributed by atoms with Crippen LogP contribution in [0.2, 0.25) is 0 Å². The van der Waals surface area contributed by atoms with E-state index in [1.807, 2.05) is 0 Å². The molecule has 1 saturated heterocycles. The van der Waals surface area contributed by atoms with Crippen molar-refractivity contribution < 1.29 is 27.9 Å². The number of β-amino-alcohol motifs (C(OH)–C–C–N with tert-alkyl or cyclic N) is 1. The van der Waals surface area contributed by atoms with E-state index in [1.54, 1.807) is 19.2 Å². The molecule has 0 radical (unpaired) electrons. The minimum Gasteiger partial charge on any atom is -0.388 e. The topological polar surface area (TPSA) is 69.6 Å². The van der Waals surface area contributed by atoms with Gasteiger partial charge in [0.25, 0.3) is 5.91 Å². The minimum atomic E-state index is -5.02. The van der Waals surface area contributed by atoms with Crippen molar-refractivity contribution in [2.75, 3.05) is 6.54 Å². The molecular weight excluding hydrogens is 325 g/mol. The van der Waals surface area contributed by atoms with Gasteiger partial charge in [0, 0.05) is 0 Å². The van der Waals surface area contributed by atoms with Crippen molar-refractivity contribution in [1.29, 1.82) is 0 Å². The molecule has 1 aromatic rings. The third-order valence-electron chi connectivity index (χ3n) is 4.51. The van der Waals surface area contributed by atoms with Crippen molar-refractivity contribution in [2.45, 2.75) is 44.0 Å². The Morgan fingerprint density at radius 2 is 1.67 bits per heavy atom. The highest BCUT2D eigenvalue weighted by molar-refractivity contribution is 6.08. The molecule has 132 valence electrons. The number of carbonyl (C=O) groups is 2. The number of benzene rings is 1. The van der Waals surface area contributed by atoms with Gasteiger partial charge in [0.05, 0.1) is 12.1 Å². The standard InChI is InChI=1S/C16H19F3N2O3/c1-3-14(24,4-2)10-21-12(22)15(16(17,18)19,20-13(21)23)11-8-6-5-7-9-11/h5-9,24H,3-4,10H2,1-2H3,(H,20,23). The number of halogens is 3. The lowest BCUT2D eigenvalue weighted by atomic mass is 9.88. The number of imide groups is 1. The van der Waals surface area contributed by atoms with Crippen LogP contribution >= 0.6 is 0 Å². The van der Waals surface area contributed by atoms with Crippen LogP contribution in [0.3, 0.4) is 0 Å². The number of alkyl halides is 3. The summed E-state index contributed by atoms with van der Waals surface area (Å²) < 4.78 is 41.3. The second-order valence-corrected chi connectivity index (χ2v) is 5.87. The maximum atomic E-state index is 13.8. The molecular formula is C16H19F3N2O3. The third-order valence-corrected chi connectivity index (χ3v) is 4.51. The molecule has 0 saturated carbocycles. The predicted molar refractivity (Wildman–Crippen MR) is 80.0 cm³/mol. The van der Waals surface area contributed by atoms with E-state index < -0.39 is 35.8 Å². The predicted octanol–water partition coefficient (Wildman–Crippen LogP) is 2.55. The van der Waals surface area contributed by atoms with Gasteiger partial charge in [-0.3, -0.25) is 9.69 Å². The lowest BCUT2D eigenvalue weighted by Crippen LogP contribution is -2.56. The summed E-state index contributed by atoms with van der Waals surface area (Å²) in [6.07, 6.45) is -4.62. The van der Waals surface area contributed by atoms with E-state index in [9.17, 15) is 27.9 Å². The Balaban J connectivity index is 2.50. The van der Waals surface area contributed by atoms with Crippen molar-refractivity contribution in [2.24, 2.45) is 0 Å². The fourth-order valence-electron chi connectivity index (χ4n) is 2.73. The van der Waals surface area contributed by atoms with Crippen LogP contribution in [0.5, 0.6) is 0 Å². The van der Waals surface area contributed by atoms with Crippen LogP contribution in [-0.4, -0.2) is 40.3 Å². The number of carbonyl (C=O) groups excluding carboxylic acids is 2. The van der Waals surface area contributed by atoms with Crippen LogP contribution in [0, 0.1) is 0 Å². The number of amides is 3. The van der Waals surface area contributed by atoms with E-state index in [-0.39, 0.29) is 18.4 Å². The van der Waals surface area contributed by atoms with Gasteiger partial charge in [-0.15, -0.1) is 0 Å². The number of hydrogen-bond acceptors (Lipinski definition) is 3. The molecule has 8 heteroatoms. The van der Waals surface area contributed by atoms with E-state index in [4.69, 9.17) is 0 Å². The summed E-state index contributed by atoms with van der Waals surface area (Å²) in [6, 6.07) is 5.35. The Kier molecular flexibility index (Phi) is 4.63. The molecule has 1 unspecified atom stereocenters. The van der Waals surface area contributed by atoms with E-state index in [1.165, 1.54) is 18.2 Å². The molecule has 2 rings (SSSR count). The van der Waals surface area contributed by atoms with Crippen LogP contribution in [0.25, 0.3) is 0 Å². The first-order valence-electron chi connectivity index (χ1n) is 7.60. The van der Waals surface area contributed by atoms with Gasteiger partial charge in [0.1, 0.15) is 0 Å². The average molecular weight is 344 g/mol. The molecule has 3 amide bonds. The van der Waals surface area contributed by atoms with Gasteiger partial charge in [-0.1, -0.05) is 44.2 Å². The van der Waals surface area contributed by atoms with Crippen LogP contribution in [0.15, 0.2) is 30.3 Å². The highest BCUT2D eigenvalue weighted by Gasteiger charge is 2.68. The molecule has 0 aromatic heterocycles. The molecule has 1 atom stereocenters. The molecule has 0 spiro atoms. The Morgan fingerprint density at radius 3 is 2.12 bits per heavy atom. The number of hydrogen-bond donors (Lipinski definition) is 2. The SMILES string of the molecule is CCC(O)(CC)CN1C(=O)NC(c2ccccc2)(C(F)(F)F)C1=O. The Bertz CT molecular complexity index is 629. The molecule has 2 N–H and O–H groups in total. The van der Waals surface area contributed by atoms with Crippen molar-refractivity contribution in [3.8, 4) is 0 Å². The second-order valence-electron chi connectivity index (χ2n) is 5.87. The first-order chi connectivity index (χ1) is 11.1. The summed E-state index contributed by atoms with van der Waals surface area (Å²) in [5, 5.41) is 12.1. The van der Waals surface area contributed by atoms with Crippen molar-refractivity contribution in [3.05, 3.63) is 35.9 Å². The Morgan fingerprint density at radius 1 is 1.12 bits per heavy atom. The van der Waals surface area contributed by atoms with E-state index >= 15 is 0 Å². The van der Waals surface area contributed by atoms with Gasteiger partial charge in [-0.05, 0) is 18.4 Å². The number of rotatable bonds is 5. The van der Waals surface area contributed by atoms with Crippen LogP contribution in [0.4, 0.5) is 18.0 Å². The average Bonchev–Trinajstić information content (AvgIpc) is 2.80. The summed E-state index contributed by atoms with van der Waals surface area (Å²) in [7, 11) is 0. The third kappa shape index (κ3) is 2.75. The normalized spacial score (nSPS) is 22.0. The Labute approximate surface area is 137 Å². The molecule has 1 heterocycles. The quantitative estimate of drug-likeness (QED) is 0.807. The fraction of sp³-hybridized carbons (Fsp3) is 0.500. The van der Waals surface area contributed by atoms with E-state index in [0.29, 0.717) is 4.90 Å². The molecule has 24 heavy (non-hydrogen) atoms. The van der Waals surface area contributed by atoms with Gasteiger partial charge in [0.15, 0.2) is 0 Å². The summed E-state index contributed by atoms with van der Waals surface area (Å²) in [6.45, 7) is 2.78. The highest BCUT2D eigenvalue weighted by Crippen LogP contribution is 2.43. The molecule has 0 bridgehead atoms. The zero-order chi connectivity index (χ0) is 18.2. The molecule has 0 aliphatic carbocycles. The minimum absolute atomic E-state index is 0.199. The first kappa shape index (κ1) is 18.3. The first-order valence-corrected chi connectivity index (χ1v) is 7.60. The summed E-state index contributed by atoms with van der Waals surface area (Å²) in [5.74, 6) is -1.42.